The third kappa shape index (κ3) is 2.58. The average molecular weight is 244 g/mol. The number of nitrogens with two attached hydrogens (primary N) is 1. The zero-order valence-corrected chi connectivity index (χ0v) is 11.4. The molecule has 0 amide bonds. The molecule has 0 fully saturated rings. The van der Waals surface area contributed by atoms with Crippen LogP contribution in [0.5, 0.6) is 0 Å². The van der Waals surface area contributed by atoms with E-state index in [-0.39, 0.29) is 5.41 Å². The Bertz CT molecular complexity index is 353. The highest BCUT2D eigenvalue weighted by atomic mass is 35.5. The van der Waals surface area contributed by atoms with Gasteiger partial charge in [0.05, 0.1) is 16.4 Å². The van der Waals surface area contributed by atoms with Crippen LogP contribution in [0.1, 0.15) is 38.6 Å². The molecule has 0 spiro atoms. The van der Waals surface area contributed by atoms with Crippen LogP contribution in [0.15, 0.2) is 0 Å². The van der Waals surface area contributed by atoms with Gasteiger partial charge in [0.1, 0.15) is 0 Å². The maximum absolute atomic E-state index is 6.33. The zero-order valence-electron chi connectivity index (χ0n) is 10.7. The van der Waals surface area contributed by atoms with E-state index in [0.29, 0.717) is 6.54 Å². The number of halogens is 1. The lowest BCUT2D eigenvalue weighted by atomic mass is 9.83. The molecule has 1 aromatic heterocycles. The Labute approximate surface area is 103 Å². The van der Waals surface area contributed by atoms with Crippen LogP contribution in [0, 0.1) is 5.41 Å². The highest BCUT2D eigenvalue weighted by molar-refractivity contribution is 6.31. The number of aryl methyl sites for hydroxylation is 2. The minimum Gasteiger partial charge on any atom is -0.330 e. The Morgan fingerprint density at radius 3 is 2.44 bits per heavy atom. The van der Waals surface area contributed by atoms with Gasteiger partial charge in [-0.2, -0.15) is 5.10 Å². The van der Waals surface area contributed by atoms with Crippen LogP contribution < -0.4 is 5.73 Å². The minimum absolute atomic E-state index is 0.114. The third-order valence-electron chi connectivity index (χ3n) is 3.44. The molecule has 1 heterocycles. The number of hydrogen-bond acceptors (Lipinski definition) is 2. The predicted octanol–water partition coefficient (Wildman–Crippen LogP) is 2.55. The summed E-state index contributed by atoms with van der Waals surface area (Å²) in [4.78, 5) is 0. The van der Waals surface area contributed by atoms with Crippen LogP contribution in [0.2, 0.25) is 5.02 Å². The van der Waals surface area contributed by atoms with Crippen molar-refractivity contribution in [1.82, 2.24) is 9.78 Å². The molecule has 4 heteroatoms. The van der Waals surface area contributed by atoms with Crippen molar-refractivity contribution >= 4 is 11.6 Å². The van der Waals surface area contributed by atoms with Gasteiger partial charge in [0.25, 0.3) is 0 Å². The van der Waals surface area contributed by atoms with Gasteiger partial charge in [-0.1, -0.05) is 32.4 Å². The third-order valence-corrected chi connectivity index (χ3v) is 3.88. The fourth-order valence-electron chi connectivity index (χ4n) is 1.76. The zero-order chi connectivity index (χ0) is 12.3. The Morgan fingerprint density at radius 2 is 2.06 bits per heavy atom. The van der Waals surface area contributed by atoms with Gasteiger partial charge in [-0.3, -0.25) is 4.68 Å². The van der Waals surface area contributed by atoms with Crippen LogP contribution in [-0.2, 0) is 19.9 Å². The Morgan fingerprint density at radius 1 is 1.44 bits per heavy atom. The molecular weight excluding hydrogens is 222 g/mol. The predicted molar refractivity (Wildman–Crippen MR) is 68.8 cm³/mol. The summed E-state index contributed by atoms with van der Waals surface area (Å²) in [5.74, 6) is 0. The molecule has 1 aromatic rings. The second-order valence-electron chi connectivity index (χ2n) is 4.73. The summed E-state index contributed by atoms with van der Waals surface area (Å²) in [5.41, 5.74) is 8.03. The molecule has 1 unspecified atom stereocenters. The molecule has 0 aromatic carbocycles. The molecule has 0 radical (unpaired) electrons. The Hall–Kier alpha value is -0.540. The van der Waals surface area contributed by atoms with Gasteiger partial charge < -0.3 is 5.73 Å². The Kier molecular flexibility index (Phi) is 4.39. The lowest BCUT2D eigenvalue weighted by Gasteiger charge is -2.26. The van der Waals surface area contributed by atoms with Gasteiger partial charge in [-0.05, 0) is 31.2 Å². The molecule has 92 valence electrons. The quantitative estimate of drug-likeness (QED) is 0.864. The monoisotopic (exact) mass is 243 g/mol. The molecule has 0 aliphatic heterocycles. The molecular formula is C12H22ClN3. The van der Waals surface area contributed by atoms with E-state index in [2.05, 4.69) is 25.9 Å². The lowest BCUT2D eigenvalue weighted by Crippen LogP contribution is -2.29. The average Bonchev–Trinajstić information content (AvgIpc) is 2.56. The van der Waals surface area contributed by atoms with Crippen molar-refractivity contribution in [3.8, 4) is 0 Å². The van der Waals surface area contributed by atoms with Gasteiger partial charge in [-0.15, -0.1) is 0 Å². The first-order valence-corrected chi connectivity index (χ1v) is 6.25. The van der Waals surface area contributed by atoms with E-state index in [4.69, 9.17) is 17.3 Å². The molecule has 0 saturated heterocycles. The van der Waals surface area contributed by atoms with E-state index >= 15 is 0 Å². The summed E-state index contributed by atoms with van der Waals surface area (Å²) >= 11 is 6.33. The normalized spacial score (nSPS) is 15.1. The largest absolute Gasteiger partial charge is 0.330 e. The fourth-order valence-corrected chi connectivity index (χ4v) is 2.12. The molecule has 0 aliphatic carbocycles. The van der Waals surface area contributed by atoms with E-state index < -0.39 is 0 Å². The van der Waals surface area contributed by atoms with E-state index in [0.717, 1.165) is 35.7 Å². The van der Waals surface area contributed by atoms with Crippen molar-refractivity contribution in [1.29, 1.82) is 0 Å². The summed E-state index contributed by atoms with van der Waals surface area (Å²) < 4.78 is 1.89. The smallest absolute Gasteiger partial charge is 0.0849 e. The molecule has 0 bridgehead atoms. The summed E-state index contributed by atoms with van der Waals surface area (Å²) in [5, 5.41) is 5.24. The van der Waals surface area contributed by atoms with E-state index in [1.54, 1.807) is 0 Å². The first kappa shape index (κ1) is 13.5. The van der Waals surface area contributed by atoms with Crippen molar-refractivity contribution in [2.24, 2.45) is 18.2 Å². The fraction of sp³-hybridized carbons (Fsp3) is 0.750. The number of hydrogen-bond donors (Lipinski definition) is 1. The number of nitrogens with zero attached hydrogens (tertiary/aromatic N) is 2. The topological polar surface area (TPSA) is 43.8 Å². The highest BCUT2D eigenvalue weighted by Gasteiger charge is 2.25. The lowest BCUT2D eigenvalue weighted by molar-refractivity contribution is 0.313. The molecule has 16 heavy (non-hydrogen) atoms. The van der Waals surface area contributed by atoms with Crippen molar-refractivity contribution in [2.45, 2.75) is 40.0 Å². The first-order chi connectivity index (χ1) is 7.47. The summed E-state index contributed by atoms with van der Waals surface area (Å²) in [7, 11) is 1.95. The van der Waals surface area contributed by atoms with Crippen LogP contribution in [0.25, 0.3) is 0 Å². The SMILES string of the molecule is CCc1nn(C)c(CC(C)(CC)CN)c1Cl. The van der Waals surface area contributed by atoms with Crippen molar-refractivity contribution in [2.75, 3.05) is 6.54 Å². The highest BCUT2D eigenvalue weighted by Crippen LogP contribution is 2.30. The maximum atomic E-state index is 6.33. The van der Waals surface area contributed by atoms with Crippen LogP contribution in [0.4, 0.5) is 0 Å². The van der Waals surface area contributed by atoms with Crippen LogP contribution in [0.3, 0.4) is 0 Å². The first-order valence-electron chi connectivity index (χ1n) is 5.87. The standard InChI is InChI=1S/C12H22ClN3/c1-5-9-11(13)10(16(4)15-9)7-12(3,6-2)8-14/h5-8,14H2,1-4H3. The molecule has 2 N–H and O–H groups in total. The minimum atomic E-state index is 0.114. The molecule has 1 rings (SSSR count). The number of rotatable bonds is 5. The molecule has 3 nitrogen and oxygen atoms in total. The molecule has 1 atom stereocenters. The maximum Gasteiger partial charge on any atom is 0.0849 e. The van der Waals surface area contributed by atoms with E-state index in [9.17, 15) is 0 Å². The van der Waals surface area contributed by atoms with E-state index in [1.165, 1.54) is 0 Å². The summed E-state index contributed by atoms with van der Waals surface area (Å²) in [6, 6.07) is 0. The van der Waals surface area contributed by atoms with Crippen LogP contribution in [-0.4, -0.2) is 16.3 Å². The molecule has 0 aliphatic rings. The summed E-state index contributed by atoms with van der Waals surface area (Å²) in [6.07, 6.45) is 2.81. The van der Waals surface area contributed by atoms with Crippen LogP contribution >= 0.6 is 11.6 Å². The number of aromatic nitrogens is 2. The molecule has 0 saturated carbocycles. The van der Waals surface area contributed by atoms with Crippen molar-refractivity contribution < 1.29 is 0 Å². The van der Waals surface area contributed by atoms with Crippen molar-refractivity contribution in [3.63, 3.8) is 0 Å². The van der Waals surface area contributed by atoms with Gasteiger partial charge >= 0.3 is 0 Å². The van der Waals surface area contributed by atoms with E-state index in [1.807, 2.05) is 11.7 Å². The Balaban J connectivity index is 3.01. The van der Waals surface area contributed by atoms with Gasteiger partial charge in [0.15, 0.2) is 0 Å². The van der Waals surface area contributed by atoms with Crippen molar-refractivity contribution in [3.05, 3.63) is 16.4 Å². The van der Waals surface area contributed by atoms with Gasteiger partial charge in [0.2, 0.25) is 0 Å². The van der Waals surface area contributed by atoms with Gasteiger partial charge in [0, 0.05) is 7.05 Å². The second-order valence-corrected chi connectivity index (χ2v) is 5.11. The van der Waals surface area contributed by atoms with Gasteiger partial charge in [-0.25, -0.2) is 0 Å². The second kappa shape index (κ2) is 5.19. The summed E-state index contributed by atoms with van der Waals surface area (Å²) in [6.45, 7) is 7.10.